The van der Waals surface area contributed by atoms with E-state index in [0.29, 0.717) is 24.0 Å². The lowest BCUT2D eigenvalue weighted by Crippen LogP contribution is -2.42. The van der Waals surface area contributed by atoms with Crippen molar-refractivity contribution in [1.82, 2.24) is 5.32 Å². The number of amides is 2. The summed E-state index contributed by atoms with van der Waals surface area (Å²) in [5.74, 6) is 0.627. The minimum absolute atomic E-state index is 0.195. The molecule has 1 saturated carbocycles. The minimum atomic E-state index is -0.195. The minimum Gasteiger partial charge on any atom is -0.495 e. The van der Waals surface area contributed by atoms with E-state index in [2.05, 4.69) is 10.6 Å². The molecule has 1 aliphatic carbocycles. The van der Waals surface area contributed by atoms with E-state index in [0.717, 1.165) is 18.4 Å². The monoisotopic (exact) mass is 249 g/mol. The molecule has 4 N–H and O–H groups in total. The van der Waals surface area contributed by atoms with Gasteiger partial charge in [0.15, 0.2) is 0 Å². The molecule has 98 valence electrons. The number of nitrogens with one attached hydrogen (secondary N) is 2. The summed E-state index contributed by atoms with van der Waals surface area (Å²) in [5.41, 5.74) is 7.17. The Labute approximate surface area is 107 Å². The average Bonchev–Trinajstić information content (AvgIpc) is 2.34. The summed E-state index contributed by atoms with van der Waals surface area (Å²) >= 11 is 0. The lowest BCUT2D eigenvalue weighted by Gasteiger charge is -2.26. The number of carbonyl (C=O) groups excluding carboxylic acids is 1. The maximum Gasteiger partial charge on any atom is 0.319 e. The van der Waals surface area contributed by atoms with Gasteiger partial charge < -0.3 is 21.1 Å². The molecule has 18 heavy (non-hydrogen) atoms. The third-order valence-electron chi connectivity index (χ3n) is 3.23. The van der Waals surface area contributed by atoms with Crippen LogP contribution in [0.2, 0.25) is 0 Å². The van der Waals surface area contributed by atoms with Gasteiger partial charge in [0.25, 0.3) is 0 Å². The molecule has 0 atom stereocenters. The van der Waals surface area contributed by atoms with Crippen LogP contribution in [0.4, 0.5) is 10.5 Å². The molecular weight excluding hydrogens is 230 g/mol. The van der Waals surface area contributed by atoms with Crippen LogP contribution in [-0.2, 0) is 6.54 Å². The topological polar surface area (TPSA) is 76.4 Å². The van der Waals surface area contributed by atoms with Crippen LogP contribution in [0.5, 0.6) is 5.75 Å². The van der Waals surface area contributed by atoms with Crippen molar-refractivity contribution >= 4 is 11.7 Å². The SMILES string of the molecule is COc1cccc(CN)c1NC(=O)NC1CCC1. The van der Waals surface area contributed by atoms with Crippen molar-refractivity contribution in [2.75, 3.05) is 12.4 Å². The van der Waals surface area contributed by atoms with Crippen LogP contribution < -0.4 is 21.1 Å². The summed E-state index contributed by atoms with van der Waals surface area (Å²) in [7, 11) is 1.57. The molecule has 1 fully saturated rings. The predicted octanol–water partition coefficient (Wildman–Crippen LogP) is 1.83. The highest BCUT2D eigenvalue weighted by Crippen LogP contribution is 2.28. The van der Waals surface area contributed by atoms with Gasteiger partial charge >= 0.3 is 6.03 Å². The Balaban J connectivity index is 2.08. The molecule has 0 unspecified atom stereocenters. The number of para-hydroxylation sites is 1. The molecule has 0 aliphatic heterocycles. The van der Waals surface area contributed by atoms with E-state index in [1.165, 1.54) is 6.42 Å². The van der Waals surface area contributed by atoms with Gasteiger partial charge in [0.2, 0.25) is 0 Å². The fraction of sp³-hybridized carbons (Fsp3) is 0.462. The molecule has 0 heterocycles. The first-order chi connectivity index (χ1) is 8.74. The summed E-state index contributed by atoms with van der Waals surface area (Å²) in [6, 6.07) is 5.65. The molecule has 0 aromatic heterocycles. The van der Waals surface area contributed by atoms with Crippen LogP contribution >= 0.6 is 0 Å². The second-order valence-corrected chi connectivity index (χ2v) is 4.42. The van der Waals surface area contributed by atoms with Crippen LogP contribution in [-0.4, -0.2) is 19.2 Å². The summed E-state index contributed by atoms with van der Waals surface area (Å²) in [6.07, 6.45) is 3.31. The maximum atomic E-state index is 11.8. The van der Waals surface area contributed by atoms with Gasteiger partial charge in [-0.1, -0.05) is 12.1 Å². The van der Waals surface area contributed by atoms with E-state index in [1.807, 2.05) is 12.1 Å². The maximum absolute atomic E-state index is 11.8. The standard InChI is InChI=1S/C13H19N3O2/c1-18-11-7-2-4-9(8-14)12(11)16-13(17)15-10-5-3-6-10/h2,4,7,10H,3,5-6,8,14H2,1H3,(H2,15,16,17). The van der Waals surface area contributed by atoms with Crippen molar-refractivity contribution in [3.8, 4) is 5.75 Å². The molecule has 0 bridgehead atoms. The predicted molar refractivity (Wildman–Crippen MR) is 70.7 cm³/mol. The number of methoxy groups -OCH3 is 1. The van der Waals surface area contributed by atoms with Crippen molar-refractivity contribution in [2.45, 2.75) is 31.8 Å². The van der Waals surface area contributed by atoms with Crippen molar-refractivity contribution in [2.24, 2.45) is 5.73 Å². The second-order valence-electron chi connectivity index (χ2n) is 4.42. The van der Waals surface area contributed by atoms with Gasteiger partial charge in [-0.2, -0.15) is 0 Å². The van der Waals surface area contributed by atoms with E-state index in [9.17, 15) is 4.79 Å². The molecule has 1 aromatic rings. The van der Waals surface area contributed by atoms with Crippen molar-refractivity contribution < 1.29 is 9.53 Å². The average molecular weight is 249 g/mol. The van der Waals surface area contributed by atoms with E-state index in [4.69, 9.17) is 10.5 Å². The molecule has 0 spiro atoms. The number of benzene rings is 1. The quantitative estimate of drug-likeness (QED) is 0.762. The van der Waals surface area contributed by atoms with Gasteiger partial charge in [-0.25, -0.2) is 4.79 Å². The third-order valence-corrected chi connectivity index (χ3v) is 3.23. The summed E-state index contributed by atoms with van der Waals surface area (Å²) < 4.78 is 5.24. The number of hydrogen-bond donors (Lipinski definition) is 3. The molecule has 0 radical (unpaired) electrons. The number of rotatable bonds is 4. The smallest absolute Gasteiger partial charge is 0.319 e. The lowest BCUT2D eigenvalue weighted by molar-refractivity contribution is 0.240. The highest BCUT2D eigenvalue weighted by atomic mass is 16.5. The van der Waals surface area contributed by atoms with Gasteiger partial charge in [-0.05, 0) is 30.9 Å². The lowest BCUT2D eigenvalue weighted by atomic mass is 9.93. The van der Waals surface area contributed by atoms with Gasteiger partial charge in [-0.3, -0.25) is 0 Å². The zero-order valence-electron chi connectivity index (χ0n) is 10.5. The number of nitrogens with two attached hydrogens (primary N) is 1. The molecule has 1 aromatic carbocycles. The van der Waals surface area contributed by atoms with Crippen molar-refractivity contribution in [3.05, 3.63) is 23.8 Å². The number of ether oxygens (including phenoxy) is 1. The van der Waals surface area contributed by atoms with E-state index in [-0.39, 0.29) is 6.03 Å². The van der Waals surface area contributed by atoms with E-state index >= 15 is 0 Å². The molecule has 2 amide bonds. The van der Waals surface area contributed by atoms with E-state index in [1.54, 1.807) is 13.2 Å². The van der Waals surface area contributed by atoms with Gasteiger partial charge in [0, 0.05) is 12.6 Å². The number of hydrogen-bond acceptors (Lipinski definition) is 3. The number of carbonyl (C=O) groups is 1. The number of urea groups is 1. The van der Waals surface area contributed by atoms with Gasteiger partial charge in [0.1, 0.15) is 5.75 Å². The van der Waals surface area contributed by atoms with Crippen molar-refractivity contribution in [1.29, 1.82) is 0 Å². The third kappa shape index (κ3) is 2.73. The van der Waals surface area contributed by atoms with Crippen LogP contribution in [0.1, 0.15) is 24.8 Å². The first kappa shape index (κ1) is 12.7. The summed E-state index contributed by atoms with van der Waals surface area (Å²) in [5, 5.41) is 5.75. The largest absolute Gasteiger partial charge is 0.495 e. The Kier molecular flexibility index (Phi) is 4.04. The van der Waals surface area contributed by atoms with Crippen molar-refractivity contribution in [3.63, 3.8) is 0 Å². The Morgan fingerprint density at radius 3 is 2.83 bits per heavy atom. The Morgan fingerprint density at radius 2 is 2.28 bits per heavy atom. The first-order valence-corrected chi connectivity index (χ1v) is 6.18. The van der Waals surface area contributed by atoms with Crippen LogP contribution in [0.15, 0.2) is 18.2 Å². The zero-order valence-corrected chi connectivity index (χ0v) is 10.5. The van der Waals surface area contributed by atoms with Crippen LogP contribution in [0.25, 0.3) is 0 Å². The fourth-order valence-corrected chi connectivity index (χ4v) is 1.95. The molecule has 5 nitrogen and oxygen atoms in total. The summed E-state index contributed by atoms with van der Waals surface area (Å²) in [4.78, 5) is 11.8. The number of anilines is 1. The Bertz CT molecular complexity index is 408. The van der Waals surface area contributed by atoms with Crippen LogP contribution in [0, 0.1) is 0 Å². The molecular formula is C13H19N3O2. The zero-order chi connectivity index (χ0) is 13.0. The van der Waals surface area contributed by atoms with E-state index < -0.39 is 0 Å². The van der Waals surface area contributed by atoms with Gasteiger partial charge in [0.05, 0.1) is 12.8 Å². The Morgan fingerprint density at radius 1 is 1.50 bits per heavy atom. The van der Waals surface area contributed by atoms with Crippen LogP contribution in [0.3, 0.4) is 0 Å². The Hall–Kier alpha value is -1.75. The highest BCUT2D eigenvalue weighted by Gasteiger charge is 2.20. The highest BCUT2D eigenvalue weighted by molar-refractivity contribution is 5.92. The molecule has 1 aliphatic rings. The van der Waals surface area contributed by atoms with Gasteiger partial charge in [-0.15, -0.1) is 0 Å². The summed E-state index contributed by atoms with van der Waals surface area (Å²) in [6.45, 7) is 0.357. The second kappa shape index (κ2) is 5.73. The fourth-order valence-electron chi connectivity index (χ4n) is 1.95. The molecule has 0 saturated heterocycles. The molecule has 5 heteroatoms. The molecule has 2 rings (SSSR count). The normalized spacial score (nSPS) is 14.8. The first-order valence-electron chi connectivity index (χ1n) is 6.18.